The molecule has 0 aliphatic carbocycles. The zero-order valence-corrected chi connectivity index (χ0v) is 11.5. The van der Waals surface area contributed by atoms with E-state index in [2.05, 4.69) is 5.32 Å². The van der Waals surface area contributed by atoms with Crippen LogP contribution < -0.4 is 15.8 Å². The fourth-order valence-corrected chi connectivity index (χ4v) is 2.12. The summed E-state index contributed by atoms with van der Waals surface area (Å²) in [5.41, 5.74) is 7.35. The molecule has 1 saturated heterocycles. The third-order valence-electron chi connectivity index (χ3n) is 3.24. The average molecular weight is 263 g/mol. The number of likely N-dealkylation sites (N-methyl/N-ethyl adjacent to an activating group) is 1. The summed E-state index contributed by atoms with van der Waals surface area (Å²) in [6, 6.07) is 5.39. The largest absolute Gasteiger partial charge is 0.491 e. The summed E-state index contributed by atoms with van der Waals surface area (Å²) in [7, 11) is 1.82. The van der Waals surface area contributed by atoms with Gasteiger partial charge in [-0.1, -0.05) is 6.92 Å². The molecule has 0 saturated carbocycles. The third kappa shape index (κ3) is 3.10. The molecule has 1 aromatic carbocycles. The second-order valence-electron chi connectivity index (χ2n) is 4.85. The number of hydrogen-bond donors (Lipinski definition) is 2. The predicted octanol–water partition coefficient (Wildman–Crippen LogP) is 1.70. The van der Waals surface area contributed by atoms with E-state index < -0.39 is 0 Å². The first-order valence-electron chi connectivity index (χ1n) is 6.65. The molecule has 0 radical (unpaired) electrons. The summed E-state index contributed by atoms with van der Waals surface area (Å²) < 4.78 is 5.58. The van der Waals surface area contributed by atoms with Gasteiger partial charge in [-0.05, 0) is 25.0 Å². The SMILES string of the molecule is CCCOc1cc(NC2CCN(C)C2=O)ccc1N. The topological polar surface area (TPSA) is 67.6 Å². The first kappa shape index (κ1) is 13.5. The lowest BCUT2D eigenvalue weighted by atomic mass is 10.2. The Labute approximate surface area is 113 Å². The molecule has 0 bridgehead atoms. The van der Waals surface area contributed by atoms with Gasteiger partial charge in [-0.3, -0.25) is 4.79 Å². The fourth-order valence-electron chi connectivity index (χ4n) is 2.12. The lowest BCUT2D eigenvalue weighted by Gasteiger charge is -2.15. The molecule has 5 nitrogen and oxygen atoms in total. The molecule has 19 heavy (non-hydrogen) atoms. The molecular weight excluding hydrogens is 242 g/mol. The molecule has 1 atom stereocenters. The number of hydrogen-bond acceptors (Lipinski definition) is 4. The van der Waals surface area contributed by atoms with Crippen molar-refractivity contribution in [2.24, 2.45) is 0 Å². The summed E-state index contributed by atoms with van der Waals surface area (Å²) in [5.74, 6) is 0.804. The first-order chi connectivity index (χ1) is 9.11. The van der Waals surface area contributed by atoms with Crippen LogP contribution in [0.2, 0.25) is 0 Å². The van der Waals surface area contributed by atoms with Gasteiger partial charge in [0.1, 0.15) is 11.8 Å². The van der Waals surface area contributed by atoms with Gasteiger partial charge in [-0.15, -0.1) is 0 Å². The lowest BCUT2D eigenvalue weighted by Crippen LogP contribution is -2.30. The number of ether oxygens (including phenoxy) is 1. The molecule has 0 spiro atoms. The van der Waals surface area contributed by atoms with Gasteiger partial charge in [0.2, 0.25) is 5.91 Å². The summed E-state index contributed by atoms with van der Waals surface area (Å²) >= 11 is 0. The fraction of sp³-hybridized carbons (Fsp3) is 0.500. The van der Waals surface area contributed by atoms with E-state index in [1.165, 1.54) is 0 Å². The van der Waals surface area contributed by atoms with Gasteiger partial charge >= 0.3 is 0 Å². The zero-order valence-electron chi connectivity index (χ0n) is 11.5. The highest BCUT2D eigenvalue weighted by Gasteiger charge is 2.28. The molecule has 1 heterocycles. The van der Waals surface area contributed by atoms with Gasteiger partial charge in [-0.2, -0.15) is 0 Å². The van der Waals surface area contributed by atoms with Crippen molar-refractivity contribution in [2.45, 2.75) is 25.8 Å². The first-order valence-corrected chi connectivity index (χ1v) is 6.65. The molecule has 104 valence electrons. The van der Waals surface area contributed by atoms with E-state index >= 15 is 0 Å². The quantitative estimate of drug-likeness (QED) is 0.793. The smallest absolute Gasteiger partial charge is 0.244 e. The van der Waals surface area contributed by atoms with Crippen molar-refractivity contribution >= 4 is 17.3 Å². The number of carbonyl (C=O) groups is 1. The van der Waals surface area contributed by atoms with Gasteiger partial charge in [0.25, 0.3) is 0 Å². The van der Waals surface area contributed by atoms with E-state index in [4.69, 9.17) is 10.5 Å². The summed E-state index contributed by atoms with van der Waals surface area (Å²) in [6.07, 6.45) is 1.76. The van der Waals surface area contributed by atoms with Crippen molar-refractivity contribution in [3.05, 3.63) is 18.2 Å². The maximum atomic E-state index is 11.8. The van der Waals surface area contributed by atoms with Crippen LogP contribution in [0.3, 0.4) is 0 Å². The van der Waals surface area contributed by atoms with Crippen LogP contribution in [0.15, 0.2) is 18.2 Å². The maximum absolute atomic E-state index is 11.8. The van der Waals surface area contributed by atoms with Crippen molar-refractivity contribution < 1.29 is 9.53 Å². The van der Waals surface area contributed by atoms with E-state index in [1.807, 2.05) is 26.1 Å². The van der Waals surface area contributed by atoms with Gasteiger partial charge in [0, 0.05) is 25.3 Å². The van der Waals surface area contributed by atoms with Crippen molar-refractivity contribution in [3.63, 3.8) is 0 Å². The molecule has 1 unspecified atom stereocenters. The number of nitrogens with zero attached hydrogens (tertiary/aromatic N) is 1. The molecule has 1 aromatic rings. The minimum Gasteiger partial charge on any atom is -0.491 e. The van der Waals surface area contributed by atoms with E-state index in [9.17, 15) is 4.79 Å². The van der Waals surface area contributed by atoms with E-state index in [0.717, 1.165) is 25.1 Å². The number of nitrogens with one attached hydrogen (secondary N) is 1. The maximum Gasteiger partial charge on any atom is 0.244 e. The normalized spacial score (nSPS) is 18.7. The third-order valence-corrected chi connectivity index (χ3v) is 3.24. The number of anilines is 2. The highest BCUT2D eigenvalue weighted by atomic mass is 16.5. The van der Waals surface area contributed by atoms with Gasteiger partial charge in [0.05, 0.1) is 12.3 Å². The van der Waals surface area contributed by atoms with Crippen LogP contribution in [0.25, 0.3) is 0 Å². The van der Waals surface area contributed by atoms with E-state index in [0.29, 0.717) is 18.0 Å². The number of nitrogens with two attached hydrogens (primary N) is 1. The highest BCUT2D eigenvalue weighted by Crippen LogP contribution is 2.27. The molecule has 5 heteroatoms. The van der Waals surface area contributed by atoms with Crippen LogP contribution in [0.5, 0.6) is 5.75 Å². The van der Waals surface area contributed by atoms with Gasteiger partial charge in [0.15, 0.2) is 0 Å². The number of carbonyl (C=O) groups excluding carboxylic acids is 1. The van der Waals surface area contributed by atoms with Crippen LogP contribution in [0, 0.1) is 0 Å². The second-order valence-corrected chi connectivity index (χ2v) is 4.85. The van der Waals surface area contributed by atoms with Gasteiger partial charge < -0.3 is 20.7 Å². The molecule has 1 amide bonds. The number of rotatable bonds is 5. The molecule has 2 rings (SSSR count). The number of amides is 1. The standard InChI is InChI=1S/C14H21N3O2/c1-3-8-19-13-9-10(4-5-11(13)15)16-12-6-7-17(2)14(12)18/h4-5,9,12,16H,3,6-8,15H2,1-2H3. The minimum absolute atomic E-state index is 0.132. The Morgan fingerprint density at radius 3 is 2.95 bits per heavy atom. The Kier molecular flexibility index (Phi) is 4.14. The van der Waals surface area contributed by atoms with Crippen LogP contribution in [0.4, 0.5) is 11.4 Å². The van der Waals surface area contributed by atoms with Crippen molar-refractivity contribution in [1.29, 1.82) is 0 Å². The van der Waals surface area contributed by atoms with Crippen LogP contribution in [-0.4, -0.2) is 37.0 Å². The highest BCUT2D eigenvalue weighted by molar-refractivity contribution is 5.86. The lowest BCUT2D eigenvalue weighted by molar-refractivity contribution is -0.127. The predicted molar refractivity (Wildman–Crippen MR) is 76.3 cm³/mol. The van der Waals surface area contributed by atoms with Crippen molar-refractivity contribution in [2.75, 3.05) is 31.2 Å². The molecule has 1 aliphatic heterocycles. The molecule has 1 fully saturated rings. The van der Waals surface area contributed by atoms with E-state index in [1.54, 1.807) is 11.0 Å². The average Bonchev–Trinajstić information content (AvgIpc) is 2.71. The molecule has 1 aliphatic rings. The summed E-state index contributed by atoms with van der Waals surface area (Å²) in [6.45, 7) is 3.48. The number of nitrogen functional groups attached to an aromatic ring is 1. The van der Waals surface area contributed by atoms with E-state index in [-0.39, 0.29) is 11.9 Å². The van der Waals surface area contributed by atoms with Crippen molar-refractivity contribution in [1.82, 2.24) is 4.90 Å². The Morgan fingerprint density at radius 2 is 2.32 bits per heavy atom. The van der Waals surface area contributed by atoms with Crippen LogP contribution in [0.1, 0.15) is 19.8 Å². The summed E-state index contributed by atoms with van der Waals surface area (Å²) in [4.78, 5) is 13.6. The Bertz CT molecular complexity index is 462. The van der Waals surface area contributed by atoms with Crippen molar-refractivity contribution in [3.8, 4) is 5.75 Å². The Balaban J connectivity index is 2.06. The Hall–Kier alpha value is -1.91. The Morgan fingerprint density at radius 1 is 1.53 bits per heavy atom. The van der Waals surface area contributed by atoms with Crippen LogP contribution in [-0.2, 0) is 4.79 Å². The number of benzene rings is 1. The second kappa shape index (κ2) is 5.82. The van der Waals surface area contributed by atoms with Crippen LogP contribution >= 0.6 is 0 Å². The summed E-state index contributed by atoms with van der Waals surface area (Å²) in [5, 5.41) is 3.24. The molecular formula is C14H21N3O2. The zero-order chi connectivity index (χ0) is 13.8. The number of likely N-dealkylation sites (tertiary alicyclic amines) is 1. The monoisotopic (exact) mass is 263 g/mol. The minimum atomic E-state index is -0.146. The van der Waals surface area contributed by atoms with Gasteiger partial charge in [-0.25, -0.2) is 0 Å². The molecule has 0 aromatic heterocycles. The molecule has 3 N–H and O–H groups in total.